The minimum Gasteiger partial charge on any atom is -0.370 e. The SMILES string of the molecule is CCCNCC(CC)N(C)c1cc(C)cc(C)c1. The summed E-state index contributed by atoms with van der Waals surface area (Å²) < 4.78 is 0. The van der Waals surface area contributed by atoms with Gasteiger partial charge in [-0.25, -0.2) is 0 Å². The maximum Gasteiger partial charge on any atom is 0.0408 e. The standard InChI is InChI=1S/C16H28N2/c1-6-8-17-12-15(7-2)18(5)16-10-13(3)9-14(4)11-16/h9-11,15,17H,6-8,12H2,1-5H3. The Balaban J connectivity index is 2.72. The van der Waals surface area contributed by atoms with Crippen molar-refractivity contribution in [1.82, 2.24) is 5.32 Å². The lowest BCUT2D eigenvalue weighted by Gasteiger charge is -2.30. The number of rotatable bonds is 7. The minimum absolute atomic E-state index is 0.567. The molecule has 1 rings (SSSR count). The lowest BCUT2D eigenvalue weighted by molar-refractivity contribution is 0.539. The molecule has 0 radical (unpaired) electrons. The van der Waals surface area contributed by atoms with Crippen LogP contribution in [-0.2, 0) is 0 Å². The molecule has 0 amide bonds. The molecule has 0 aliphatic carbocycles. The van der Waals surface area contributed by atoms with Gasteiger partial charge in [0.2, 0.25) is 0 Å². The molecular weight excluding hydrogens is 220 g/mol. The Hall–Kier alpha value is -1.02. The van der Waals surface area contributed by atoms with Crippen molar-refractivity contribution in [2.45, 2.75) is 46.6 Å². The third-order valence-corrected chi connectivity index (χ3v) is 3.44. The van der Waals surface area contributed by atoms with E-state index >= 15 is 0 Å². The summed E-state index contributed by atoms with van der Waals surface area (Å²) >= 11 is 0. The van der Waals surface area contributed by atoms with E-state index in [-0.39, 0.29) is 0 Å². The number of likely N-dealkylation sites (N-methyl/N-ethyl adjacent to an activating group) is 1. The third kappa shape index (κ3) is 4.34. The molecule has 1 aromatic carbocycles. The van der Waals surface area contributed by atoms with Crippen LogP contribution in [-0.4, -0.2) is 26.2 Å². The summed E-state index contributed by atoms with van der Waals surface area (Å²) in [6.07, 6.45) is 2.36. The highest BCUT2D eigenvalue weighted by Crippen LogP contribution is 2.20. The van der Waals surface area contributed by atoms with Gasteiger partial charge in [0, 0.05) is 25.3 Å². The van der Waals surface area contributed by atoms with E-state index in [0.29, 0.717) is 6.04 Å². The fourth-order valence-corrected chi connectivity index (χ4v) is 2.37. The number of aryl methyl sites for hydroxylation is 2. The fourth-order valence-electron chi connectivity index (χ4n) is 2.37. The van der Waals surface area contributed by atoms with E-state index in [2.05, 4.69) is 63.2 Å². The Bertz CT molecular complexity index is 340. The molecular formula is C16H28N2. The summed E-state index contributed by atoms with van der Waals surface area (Å²) in [6.45, 7) is 11.0. The van der Waals surface area contributed by atoms with Crippen LogP contribution in [0.4, 0.5) is 5.69 Å². The van der Waals surface area contributed by atoms with Crippen molar-refractivity contribution in [1.29, 1.82) is 0 Å². The topological polar surface area (TPSA) is 15.3 Å². The van der Waals surface area contributed by atoms with Gasteiger partial charge in [0.15, 0.2) is 0 Å². The van der Waals surface area contributed by atoms with Gasteiger partial charge in [0.25, 0.3) is 0 Å². The second-order valence-corrected chi connectivity index (χ2v) is 5.22. The normalized spacial score (nSPS) is 12.5. The van der Waals surface area contributed by atoms with Crippen LogP contribution in [0.5, 0.6) is 0 Å². The number of hydrogen-bond donors (Lipinski definition) is 1. The number of nitrogens with zero attached hydrogens (tertiary/aromatic N) is 1. The van der Waals surface area contributed by atoms with Crippen molar-refractivity contribution in [2.75, 3.05) is 25.0 Å². The lowest BCUT2D eigenvalue weighted by Crippen LogP contribution is -2.40. The van der Waals surface area contributed by atoms with Crippen molar-refractivity contribution in [3.8, 4) is 0 Å². The number of hydrogen-bond acceptors (Lipinski definition) is 2. The van der Waals surface area contributed by atoms with Crippen LogP contribution in [0, 0.1) is 13.8 Å². The van der Waals surface area contributed by atoms with Crippen molar-refractivity contribution in [2.24, 2.45) is 0 Å². The summed E-state index contributed by atoms with van der Waals surface area (Å²) in [5.74, 6) is 0. The van der Waals surface area contributed by atoms with Crippen LogP contribution in [0.3, 0.4) is 0 Å². The molecule has 0 saturated carbocycles. The van der Waals surface area contributed by atoms with Crippen LogP contribution >= 0.6 is 0 Å². The molecule has 1 N–H and O–H groups in total. The number of nitrogens with one attached hydrogen (secondary N) is 1. The largest absolute Gasteiger partial charge is 0.370 e. The Morgan fingerprint density at radius 2 is 1.72 bits per heavy atom. The summed E-state index contributed by atoms with van der Waals surface area (Å²) in [7, 11) is 2.20. The van der Waals surface area contributed by atoms with E-state index in [1.54, 1.807) is 0 Å². The molecule has 0 fully saturated rings. The summed E-state index contributed by atoms with van der Waals surface area (Å²) in [5.41, 5.74) is 4.01. The van der Waals surface area contributed by atoms with E-state index in [1.807, 2.05) is 0 Å². The molecule has 0 spiro atoms. The maximum atomic E-state index is 3.52. The smallest absolute Gasteiger partial charge is 0.0408 e. The van der Waals surface area contributed by atoms with Crippen LogP contribution in [0.1, 0.15) is 37.8 Å². The first-order valence-corrected chi connectivity index (χ1v) is 7.10. The zero-order chi connectivity index (χ0) is 13.5. The van der Waals surface area contributed by atoms with Crippen LogP contribution in [0.25, 0.3) is 0 Å². The molecule has 2 heteroatoms. The highest BCUT2D eigenvalue weighted by molar-refractivity contribution is 5.51. The highest BCUT2D eigenvalue weighted by atomic mass is 15.2. The second-order valence-electron chi connectivity index (χ2n) is 5.22. The molecule has 1 aromatic rings. The fraction of sp³-hybridized carbons (Fsp3) is 0.625. The summed E-state index contributed by atoms with van der Waals surface area (Å²) in [5, 5.41) is 3.52. The second kappa shape index (κ2) is 7.42. The number of anilines is 1. The quantitative estimate of drug-likeness (QED) is 0.743. The first-order chi connectivity index (χ1) is 8.58. The molecule has 1 atom stereocenters. The van der Waals surface area contributed by atoms with E-state index in [9.17, 15) is 0 Å². The molecule has 0 aliphatic heterocycles. The maximum absolute atomic E-state index is 3.52. The average molecular weight is 248 g/mol. The highest BCUT2D eigenvalue weighted by Gasteiger charge is 2.13. The minimum atomic E-state index is 0.567. The Labute approximate surface area is 112 Å². The van der Waals surface area contributed by atoms with E-state index in [0.717, 1.165) is 13.1 Å². The van der Waals surface area contributed by atoms with E-state index in [1.165, 1.54) is 29.7 Å². The van der Waals surface area contributed by atoms with Gasteiger partial charge in [-0.3, -0.25) is 0 Å². The van der Waals surface area contributed by atoms with Gasteiger partial charge >= 0.3 is 0 Å². The first kappa shape index (κ1) is 15.0. The van der Waals surface area contributed by atoms with Gasteiger partial charge in [-0.1, -0.05) is 19.9 Å². The predicted molar refractivity (Wildman–Crippen MR) is 81.6 cm³/mol. The van der Waals surface area contributed by atoms with Crippen molar-refractivity contribution in [3.05, 3.63) is 29.3 Å². The molecule has 0 aliphatic rings. The Morgan fingerprint density at radius 1 is 1.11 bits per heavy atom. The first-order valence-electron chi connectivity index (χ1n) is 7.10. The number of benzene rings is 1. The molecule has 0 aromatic heterocycles. The molecule has 0 bridgehead atoms. The van der Waals surface area contributed by atoms with Crippen molar-refractivity contribution < 1.29 is 0 Å². The van der Waals surface area contributed by atoms with E-state index in [4.69, 9.17) is 0 Å². The molecule has 18 heavy (non-hydrogen) atoms. The third-order valence-electron chi connectivity index (χ3n) is 3.44. The van der Waals surface area contributed by atoms with Crippen molar-refractivity contribution >= 4 is 5.69 Å². The van der Waals surface area contributed by atoms with Gasteiger partial charge in [-0.15, -0.1) is 0 Å². The summed E-state index contributed by atoms with van der Waals surface area (Å²) in [4.78, 5) is 2.41. The molecule has 1 unspecified atom stereocenters. The monoisotopic (exact) mass is 248 g/mol. The molecule has 0 saturated heterocycles. The van der Waals surface area contributed by atoms with Crippen molar-refractivity contribution in [3.63, 3.8) is 0 Å². The van der Waals surface area contributed by atoms with Crippen LogP contribution in [0.15, 0.2) is 18.2 Å². The van der Waals surface area contributed by atoms with Gasteiger partial charge < -0.3 is 10.2 Å². The van der Waals surface area contributed by atoms with Gasteiger partial charge in [0.05, 0.1) is 0 Å². The zero-order valence-corrected chi connectivity index (χ0v) is 12.6. The van der Waals surface area contributed by atoms with Gasteiger partial charge in [-0.2, -0.15) is 0 Å². The van der Waals surface area contributed by atoms with Crippen LogP contribution in [0.2, 0.25) is 0 Å². The molecule has 2 nitrogen and oxygen atoms in total. The Kier molecular flexibility index (Phi) is 6.20. The lowest BCUT2D eigenvalue weighted by atomic mass is 10.1. The van der Waals surface area contributed by atoms with Crippen LogP contribution < -0.4 is 10.2 Å². The zero-order valence-electron chi connectivity index (χ0n) is 12.6. The average Bonchev–Trinajstić information content (AvgIpc) is 2.33. The molecule has 0 heterocycles. The summed E-state index contributed by atoms with van der Waals surface area (Å²) in [6, 6.07) is 7.34. The van der Waals surface area contributed by atoms with E-state index < -0.39 is 0 Å². The molecule has 102 valence electrons. The van der Waals surface area contributed by atoms with Gasteiger partial charge in [-0.05, 0) is 56.5 Å². The predicted octanol–water partition coefficient (Wildman–Crippen LogP) is 3.52. The van der Waals surface area contributed by atoms with Gasteiger partial charge in [0.1, 0.15) is 0 Å². The Morgan fingerprint density at radius 3 is 2.22 bits per heavy atom.